The quantitative estimate of drug-likeness (QED) is 0.936. The van der Waals surface area contributed by atoms with Gasteiger partial charge in [-0.05, 0) is 30.5 Å². The lowest BCUT2D eigenvalue weighted by Gasteiger charge is -2.28. The smallest absolute Gasteiger partial charge is 0.318 e. The van der Waals surface area contributed by atoms with Crippen molar-refractivity contribution in [3.63, 3.8) is 0 Å². The van der Waals surface area contributed by atoms with E-state index in [0.717, 1.165) is 24.1 Å². The van der Waals surface area contributed by atoms with Gasteiger partial charge in [-0.2, -0.15) is 0 Å². The summed E-state index contributed by atoms with van der Waals surface area (Å²) in [5.41, 5.74) is 1.93. The molecule has 1 aromatic carbocycles. The Kier molecular flexibility index (Phi) is 3.86. The molecule has 21 heavy (non-hydrogen) atoms. The van der Waals surface area contributed by atoms with Gasteiger partial charge in [0.15, 0.2) is 0 Å². The van der Waals surface area contributed by atoms with Crippen molar-refractivity contribution in [3.05, 3.63) is 66.0 Å². The highest BCUT2D eigenvalue weighted by Gasteiger charge is 2.29. The van der Waals surface area contributed by atoms with Gasteiger partial charge in [-0.3, -0.25) is 4.98 Å². The van der Waals surface area contributed by atoms with Crippen molar-refractivity contribution in [1.29, 1.82) is 0 Å². The predicted octanol–water partition coefficient (Wildman–Crippen LogP) is 2.97. The van der Waals surface area contributed by atoms with E-state index >= 15 is 0 Å². The second kappa shape index (κ2) is 5.95. The van der Waals surface area contributed by atoms with Crippen LogP contribution in [0.25, 0.3) is 0 Å². The third kappa shape index (κ3) is 3.21. The molecule has 1 atom stereocenters. The average Bonchev–Trinajstić information content (AvgIpc) is 3.33. The van der Waals surface area contributed by atoms with Crippen molar-refractivity contribution in [2.75, 3.05) is 7.05 Å². The van der Waals surface area contributed by atoms with Gasteiger partial charge in [0, 0.05) is 19.3 Å². The van der Waals surface area contributed by atoms with E-state index in [1.54, 1.807) is 11.1 Å². The topological polar surface area (TPSA) is 45.2 Å². The fraction of sp³-hybridized carbons (Fsp3) is 0.294. The lowest BCUT2D eigenvalue weighted by Crippen LogP contribution is -2.41. The van der Waals surface area contributed by atoms with Crippen molar-refractivity contribution < 1.29 is 4.79 Å². The van der Waals surface area contributed by atoms with E-state index in [4.69, 9.17) is 0 Å². The number of nitrogens with one attached hydrogen (secondary N) is 1. The number of nitrogens with zero attached hydrogens (tertiary/aromatic N) is 2. The first kappa shape index (κ1) is 13.6. The monoisotopic (exact) mass is 281 g/mol. The number of hydrogen-bond acceptors (Lipinski definition) is 2. The van der Waals surface area contributed by atoms with E-state index in [1.165, 1.54) is 0 Å². The number of carbonyl (C=O) groups excluding carboxylic acids is 1. The lowest BCUT2D eigenvalue weighted by atomic mass is 10.0. The zero-order valence-corrected chi connectivity index (χ0v) is 12.1. The molecule has 4 heteroatoms. The first-order valence-electron chi connectivity index (χ1n) is 7.25. The minimum absolute atomic E-state index is 0.0444. The highest BCUT2D eigenvalue weighted by molar-refractivity contribution is 5.75. The molecule has 0 unspecified atom stereocenters. The molecular formula is C17H19N3O. The Balaban J connectivity index is 1.90. The maximum Gasteiger partial charge on any atom is 0.318 e. The van der Waals surface area contributed by atoms with Crippen LogP contribution in [0.15, 0.2) is 54.7 Å². The maximum absolute atomic E-state index is 12.4. The number of hydrogen-bond donors (Lipinski definition) is 1. The normalized spacial score (nSPS) is 15.3. The Morgan fingerprint density at radius 1 is 1.19 bits per heavy atom. The Morgan fingerprint density at radius 3 is 2.52 bits per heavy atom. The van der Waals surface area contributed by atoms with E-state index < -0.39 is 0 Å². The summed E-state index contributed by atoms with van der Waals surface area (Å²) in [6.45, 7) is 0. The Bertz CT molecular complexity index is 556. The zero-order valence-electron chi connectivity index (χ0n) is 12.1. The van der Waals surface area contributed by atoms with Gasteiger partial charge in [0.25, 0.3) is 0 Å². The van der Waals surface area contributed by atoms with Gasteiger partial charge in [0.1, 0.15) is 6.04 Å². The SMILES string of the molecule is CN(C(=O)NC1CC1)[C@H](c1ccccc1)c1ccccn1. The van der Waals surface area contributed by atoms with Crippen LogP contribution >= 0.6 is 0 Å². The number of urea groups is 1. The number of carbonyl (C=O) groups is 1. The fourth-order valence-corrected chi connectivity index (χ4v) is 2.39. The molecule has 2 amide bonds. The molecule has 1 N–H and O–H groups in total. The standard InChI is InChI=1S/C17H19N3O/c1-20(17(21)19-14-10-11-14)16(13-7-3-2-4-8-13)15-9-5-6-12-18-15/h2-9,12,14,16H,10-11H2,1H3,(H,19,21)/t16-/m1/s1. The van der Waals surface area contributed by atoms with Crippen molar-refractivity contribution in [2.45, 2.75) is 24.9 Å². The molecule has 0 bridgehead atoms. The highest BCUT2D eigenvalue weighted by atomic mass is 16.2. The van der Waals surface area contributed by atoms with E-state index in [9.17, 15) is 4.79 Å². The van der Waals surface area contributed by atoms with Crippen LogP contribution in [0.3, 0.4) is 0 Å². The molecule has 1 aromatic heterocycles. The molecule has 0 radical (unpaired) electrons. The van der Waals surface area contributed by atoms with Crippen molar-refractivity contribution in [2.24, 2.45) is 0 Å². The first-order chi connectivity index (χ1) is 10.3. The van der Waals surface area contributed by atoms with Gasteiger partial charge in [0.05, 0.1) is 5.69 Å². The summed E-state index contributed by atoms with van der Waals surface area (Å²) in [6, 6.07) is 15.9. The summed E-state index contributed by atoms with van der Waals surface area (Å²) in [4.78, 5) is 18.5. The summed E-state index contributed by atoms with van der Waals surface area (Å²) in [7, 11) is 1.82. The van der Waals surface area contributed by atoms with E-state index in [2.05, 4.69) is 10.3 Å². The van der Waals surface area contributed by atoms with Crippen LogP contribution in [0.2, 0.25) is 0 Å². The van der Waals surface area contributed by atoms with Crippen molar-refractivity contribution >= 4 is 6.03 Å². The van der Waals surface area contributed by atoms with E-state index in [1.807, 2.05) is 55.6 Å². The lowest BCUT2D eigenvalue weighted by molar-refractivity contribution is 0.197. The van der Waals surface area contributed by atoms with Gasteiger partial charge in [-0.25, -0.2) is 4.79 Å². The fourth-order valence-electron chi connectivity index (χ4n) is 2.39. The highest BCUT2D eigenvalue weighted by Crippen LogP contribution is 2.27. The third-order valence-corrected chi connectivity index (χ3v) is 3.70. The van der Waals surface area contributed by atoms with Crippen LogP contribution in [-0.4, -0.2) is 29.0 Å². The molecule has 1 aliphatic rings. The molecule has 3 rings (SSSR count). The molecular weight excluding hydrogens is 262 g/mol. The van der Waals surface area contributed by atoms with Crippen LogP contribution < -0.4 is 5.32 Å². The van der Waals surface area contributed by atoms with Crippen molar-refractivity contribution in [1.82, 2.24) is 15.2 Å². The third-order valence-electron chi connectivity index (χ3n) is 3.70. The van der Waals surface area contributed by atoms with Gasteiger partial charge in [-0.15, -0.1) is 0 Å². The Hall–Kier alpha value is -2.36. The molecule has 1 saturated carbocycles. The van der Waals surface area contributed by atoms with E-state index in [0.29, 0.717) is 6.04 Å². The van der Waals surface area contributed by atoms with Gasteiger partial charge in [0.2, 0.25) is 0 Å². The molecule has 0 saturated heterocycles. The molecule has 1 fully saturated rings. The molecule has 1 heterocycles. The molecule has 108 valence electrons. The summed E-state index contributed by atoms with van der Waals surface area (Å²) in [5.74, 6) is 0. The second-order valence-corrected chi connectivity index (χ2v) is 5.40. The van der Waals surface area contributed by atoms with Crippen LogP contribution in [0, 0.1) is 0 Å². The van der Waals surface area contributed by atoms with Crippen LogP contribution in [0.1, 0.15) is 30.1 Å². The molecule has 1 aliphatic carbocycles. The molecule has 2 aromatic rings. The van der Waals surface area contributed by atoms with Crippen molar-refractivity contribution in [3.8, 4) is 0 Å². The Morgan fingerprint density at radius 2 is 1.90 bits per heavy atom. The number of amides is 2. The van der Waals surface area contributed by atoms with Gasteiger partial charge in [-0.1, -0.05) is 36.4 Å². The Labute approximate surface area is 124 Å². The first-order valence-corrected chi connectivity index (χ1v) is 7.25. The molecule has 4 nitrogen and oxygen atoms in total. The van der Waals surface area contributed by atoms with Crippen LogP contribution in [-0.2, 0) is 0 Å². The molecule has 0 spiro atoms. The molecule has 0 aliphatic heterocycles. The van der Waals surface area contributed by atoms with Gasteiger partial charge >= 0.3 is 6.03 Å². The predicted molar refractivity (Wildman–Crippen MR) is 81.8 cm³/mol. The maximum atomic E-state index is 12.4. The number of aromatic nitrogens is 1. The average molecular weight is 281 g/mol. The minimum Gasteiger partial charge on any atom is -0.335 e. The summed E-state index contributed by atoms with van der Waals surface area (Å²) < 4.78 is 0. The summed E-state index contributed by atoms with van der Waals surface area (Å²) in [6.07, 6.45) is 3.93. The number of pyridine rings is 1. The minimum atomic E-state index is -0.175. The number of rotatable bonds is 4. The zero-order chi connectivity index (χ0) is 14.7. The summed E-state index contributed by atoms with van der Waals surface area (Å²) in [5, 5.41) is 3.03. The second-order valence-electron chi connectivity index (χ2n) is 5.40. The van der Waals surface area contributed by atoms with Gasteiger partial charge < -0.3 is 10.2 Å². The van der Waals surface area contributed by atoms with E-state index in [-0.39, 0.29) is 12.1 Å². The summed E-state index contributed by atoms with van der Waals surface area (Å²) >= 11 is 0. The number of benzene rings is 1. The largest absolute Gasteiger partial charge is 0.335 e. The van der Waals surface area contributed by atoms with Crippen LogP contribution in [0.5, 0.6) is 0 Å². The van der Waals surface area contributed by atoms with Crippen LogP contribution in [0.4, 0.5) is 4.79 Å².